The maximum atomic E-state index is 12.9. The molecule has 2 atom stereocenters. The molecule has 0 aliphatic heterocycles. The Balaban J connectivity index is 0.00000126. The van der Waals surface area contributed by atoms with Crippen molar-refractivity contribution in [3.8, 4) is 0 Å². The lowest BCUT2D eigenvalue weighted by atomic mass is 9.79. The second-order valence-electron chi connectivity index (χ2n) is 9.95. The number of carbonyl (C=O) groups is 3. The first-order chi connectivity index (χ1) is 15.3. The monoisotopic (exact) mass is 471 g/mol. The Labute approximate surface area is 198 Å². The minimum absolute atomic E-state index is 0.00931. The van der Waals surface area contributed by atoms with Crippen LogP contribution in [-0.4, -0.2) is 69.7 Å². The minimum atomic E-state index is -2.26. The van der Waals surface area contributed by atoms with Crippen molar-refractivity contribution in [1.29, 1.82) is 0 Å². The summed E-state index contributed by atoms with van der Waals surface area (Å²) in [4.78, 5) is 38.1. The SMILES string of the molecule is CC(C)CCC(=O)[C@@]1(O)C(O)=C(C(=O)CC(C)C)C(=O)[C@@H]1CCC(C)C.OCCNCCO. The van der Waals surface area contributed by atoms with Crippen LogP contribution in [0.2, 0.25) is 0 Å². The van der Waals surface area contributed by atoms with Crippen molar-refractivity contribution in [2.45, 2.75) is 79.2 Å². The van der Waals surface area contributed by atoms with E-state index < -0.39 is 34.6 Å². The Bertz CT molecular complexity index is 666. The second kappa shape index (κ2) is 15.3. The quantitative estimate of drug-likeness (QED) is 0.192. The highest BCUT2D eigenvalue weighted by Crippen LogP contribution is 2.42. The number of allylic oxidation sites excluding steroid dienone is 1. The topological polar surface area (TPSA) is 144 Å². The largest absolute Gasteiger partial charge is 0.508 e. The zero-order valence-electron chi connectivity index (χ0n) is 21.2. The van der Waals surface area contributed by atoms with Crippen LogP contribution in [0.4, 0.5) is 0 Å². The van der Waals surface area contributed by atoms with Gasteiger partial charge in [-0.1, -0.05) is 48.0 Å². The van der Waals surface area contributed by atoms with Gasteiger partial charge in [0.05, 0.1) is 19.1 Å². The number of Topliss-reactive ketones (excluding diaryl/α,β-unsaturated/α-hetero) is 3. The van der Waals surface area contributed by atoms with E-state index in [1.165, 1.54) is 0 Å². The van der Waals surface area contributed by atoms with E-state index in [0.717, 1.165) is 0 Å². The van der Waals surface area contributed by atoms with Crippen LogP contribution in [0.1, 0.15) is 73.6 Å². The Morgan fingerprint density at radius 2 is 1.45 bits per heavy atom. The number of nitrogens with one attached hydrogen (secondary N) is 1. The molecule has 8 nitrogen and oxygen atoms in total. The van der Waals surface area contributed by atoms with Gasteiger partial charge >= 0.3 is 0 Å². The third-order valence-electron chi connectivity index (χ3n) is 5.52. The smallest absolute Gasteiger partial charge is 0.190 e. The molecule has 8 heteroatoms. The van der Waals surface area contributed by atoms with Crippen molar-refractivity contribution in [2.75, 3.05) is 26.3 Å². The lowest BCUT2D eigenvalue weighted by Crippen LogP contribution is -2.47. The Kier molecular flexibility index (Phi) is 14.6. The van der Waals surface area contributed by atoms with Crippen molar-refractivity contribution >= 4 is 17.3 Å². The van der Waals surface area contributed by atoms with Crippen molar-refractivity contribution in [2.24, 2.45) is 23.7 Å². The molecule has 0 heterocycles. The zero-order chi connectivity index (χ0) is 25.8. The van der Waals surface area contributed by atoms with Crippen LogP contribution in [0.25, 0.3) is 0 Å². The maximum absolute atomic E-state index is 12.9. The summed E-state index contributed by atoms with van der Waals surface area (Å²) < 4.78 is 0. The minimum Gasteiger partial charge on any atom is -0.508 e. The molecule has 5 N–H and O–H groups in total. The van der Waals surface area contributed by atoms with Gasteiger partial charge in [-0.2, -0.15) is 0 Å². The van der Waals surface area contributed by atoms with Gasteiger partial charge in [-0.05, 0) is 30.6 Å². The van der Waals surface area contributed by atoms with E-state index in [9.17, 15) is 24.6 Å². The molecule has 1 aliphatic rings. The molecule has 0 fully saturated rings. The van der Waals surface area contributed by atoms with E-state index in [4.69, 9.17) is 10.2 Å². The molecule has 0 aromatic heterocycles. The fourth-order valence-corrected chi connectivity index (χ4v) is 3.64. The highest BCUT2D eigenvalue weighted by molar-refractivity contribution is 6.25. The predicted octanol–water partition coefficient (Wildman–Crippen LogP) is 2.35. The third kappa shape index (κ3) is 9.65. The third-order valence-corrected chi connectivity index (χ3v) is 5.52. The van der Waals surface area contributed by atoms with Gasteiger partial charge in [-0.25, -0.2) is 0 Å². The summed E-state index contributed by atoms with van der Waals surface area (Å²) in [6.45, 7) is 13.0. The molecule has 0 radical (unpaired) electrons. The molecule has 1 rings (SSSR count). The van der Waals surface area contributed by atoms with Crippen LogP contribution in [0.15, 0.2) is 11.3 Å². The lowest BCUT2D eigenvalue weighted by molar-refractivity contribution is -0.145. The fourth-order valence-electron chi connectivity index (χ4n) is 3.64. The second-order valence-corrected chi connectivity index (χ2v) is 9.95. The normalized spacial score (nSPS) is 20.6. The van der Waals surface area contributed by atoms with Crippen LogP contribution >= 0.6 is 0 Å². The van der Waals surface area contributed by atoms with Gasteiger partial charge in [0.1, 0.15) is 11.3 Å². The van der Waals surface area contributed by atoms with E-state index >= 15 is 0 Å². The first-order valence-electron chi connectivity index (χ1n) is 12.0. The number of ketones is 3. The lowest BCUT2D eigenvalue weighted by Gasteiger charge is -2.28. The van der Waals surface area contributed by atoms with Gasteiger partial charge in [0.25, 0.3) is 0 Å². The summed E-state index contributed by atoms with van der Waals surface area (Å²) >= 11 is 0. The molecule has 0 bridgehead atoms. The molecule has 192 valence electrons. The van der Waals surface area contributed by atoms with Crippen molar-refractivity contribution in [3.63, 3.8) is 0 Å². The van der Waals surface area contributed by atoms with E-state index in [0.29, 0.717) is 25.9 Å². The Hall–Kier alpha value is -1.61. The molecular weight excluding hydrogens is 426 g/mol. The van der Waals surface area contributed by atoms with Crippen LogP contribution < -0.4 is 5.32 Å². The predicted molar refractivity (Wildman–Crippen MR) is 128 cm³/mol. The number of carbonyl (C=O) groups excluding carboxylic acids is 3. The molecule has 0 saturated carbocycles. The average molecular weight is 472 g/mol. The number of aliphatic hydroxyl groups is 4. The molecule has 0 aromatic carbocycles. The van der Waals surface area contributed by atoms with E-state index in [-0.39, 0.29) is 55.8 Å². The van der Waals surface area contributed by atoms with E-state index in [2.05, 4.69) is 5.32 Å². The molecule has 0 saturated heterocycles. The summed E-state index contributed by atoms with van der Waals surface area (Å²) in [7, 11) is 0. The summed E-state index contributed by atoms with van der Waals surface area (Å²) in [5, 5.41) is 40.8. The summed E-state index contributed by atoms with van der Waals surface area (Å²) in [6.07, 6.45) is 1.60. The number of hydrogen-bond acceptors (Lipinski definition) is 8. The molecule has 1 aliphatic carbocycles. The first kappa shape index (κ1) is 31.4. The highest BCUT2D eigenvalue weighted by Gasteiger charge is 2.58. The van der Waals surface area contributed by atoms with Gasteiger partial charge in [-0.15, -0.1) is 0 Å². The van der Waals surface area contributed by atoms with Gasteiger partial charge in [0.2, 0.25) is 0 Å². The van der Waals surface area contributed by atoms with Crippen molar-refractivity contribution < 1.29 is 34.8 Å². The molecule has 0 spiro atoms. The number of aliphatic hydroxyl groups excluding tert-OH is 3. The fraction of sp³-hybridized carbons (Fsp3) is 0.800. The zero-order valence-corrected chi connectivity index (χ0v) is 21.2. The van der Waals surface area contributed by atoms with Gasteiger partial charge in [-0.3, -0.25) is 14.4 Å². The van der Waals surface area contributed by atoms with E-state index in [1.54, 1.807) is 0 Å². The molecule has 33 heavy (non-hydrogen) atoms. The maximum Gasteiger partial charge on any atom is 0.190 e. The van der Waals surface area contributed by atoms with Crippen LogP contribution in [0.5, 0.6) is 0 Å². The summed E-state index contributed by atoms with van der Waals surface area (Å²) in [6, 6.07) is 0. The standard InChI is InChI=1S/C21H34O5.C4H11NO2/c1-12(2)7-9-15-19(24)18(16(22)11-14(5)6)20(25)21(15,26)17(23)10-8-13(3)4;6-3-1-5-2-4-7/h12-15,25-26H,7-11H2,1-6H3;5-7H,1-4H2/t15-,21+;/m0./s1. The average Bonchev–Trinajstić information content (AvgIpc) is 2.91. The van der Waals surface area contributed by atoms with Crippen LogP contribution in [-0.2, 0) is 14.4 Å². The van der Waals surface area contributed by atoms with Gasteiger partial charge in [0.15, 0.2) is 23.0 Å². The molecular formula is C25H45NO7. The van der Waals surface area contributed by atoms with E-state index in [1.807, 2.05) is 41.5 Å². The first-order valence-corrected chi connectivity index (χ1v) is 12.0. The molecule has 0 aromatic rings. The van der Waals surface area contributed by atoms with Gasteiger partial charge in [0, 0.05) is 25.9 Å². The van der Waals surface area contributed by atoms with Crippen molar-refractivity contribution in [1.82, 2.24) is 5.32 Å². The van der Waals surface area contributed by atoms with Crippen LogP contribution in [0.3, 0.4) is 0 Å². The number of hydrogen-bond donors (Lipinski definition) is 5. The number of rotatable bonds is 14. The summed E-state index contributed by atoms with van der Waals surface area (Å²) in [5.74, 6) is -2.92. The summed E-state index contributed by atoms with van der Waals surface area (Å²) in [5.41, 5.74) is -2.63. The van der Waals surface area contributed by atoms with Gasteiger partial charge < -0.3 is 25.7 Å². The Morgan fingerprint density at radius 1 is 0.939 bits per heavy atom. The van der Waals surface area contributed by atoms with Crippen molar-refractivity contribution in [3.05, 3.63) is 11.3 Å². The van der Waals surface area contributed by atoms with Crippen LogP contribution in [0, 0.1) is 23.7 Å². The highest BCUT2D eigenvalue weighted by atomic mass is 16.3. The molecule has 0 amide bonds. The Morgan fingerprint density at radius 3 is 1.88 bits per heavy atom. The molecule has 0 unspecified atom stereocenters.